The van der Waals surface area contributed by atoms with Crippen LogP contribution < -0.4 is 10.2 Å². The average molecular weight is 256 g/mol. The molecule has 2 aliphatic rings. The number of allylic oxidation sites excluding steroid dienone is 1. The fourth-order valence-corrected chi connectivity index (χ4v) is 3.08. The van der Waals surface area contributed by atoms with Gasteiger partial charge in [0.05, 0.1) is 0 Å². The fourth-order valence-electron chi connectivity index (χ4n) is 3.08. The number of benzene rings is 1. The number of hydrogen-bond acceptors (Lipinski definition) is 1. The number of rotatable bonds is 1. The third kappa shape index (κ3) is 2.37. The van der Waals surface area contributed by atoms with E-state index < -0.39 is 0 Å². The van der Waals surface area contributed by atoms with Gasteiger partial charge in [-0.15, -0.1) is 0 Å². The van der Waals surface area contributed by atoms with E-state index in [4.69, 9.17) is 0 Å². The third-order valence-electron chi connectivity index (χ3n) is 4.07. The number of para-hydroxylation sites is 1. The van der Waals surface area contributed by atoms with Gasteiger partial charge in [-0.2, -0.15) is 0 Å². The molecular weight excluding hydrogens is 236 g/mol. The average Bonchev–Trinajstić information content (AvgIpc) is 3.02. The second kappa shape index (κ2) is 5.08. The number of carbonyl (C=O) groups excluding carboxylic acids is 1. The van der Waals surface area contributed by atoms with E-state index in [1.165, 1.54) is 24.0 Å². The van der Waals surface area contributed by atoms with Gasteiger partial charge in [-0.3, -0.25) is 4.90 Å². The molecule has 1 aliphatic heterocycles. The van der Waals surface area contributed by atoms with Crippen molar-refractivity contribution in [2.24, 2.45) is 0 Å². The summed E-state index contributed by atoms with van der Waals surface area (Å²) in [5.74, 6) is 0. The molecule has 0 radical (unpaired) electrons. The molecule has 1 unspecified atom stereocenters. The zero-order chi connectivity index (χ0) is 13.2. The van der Waals surface area contributed by atoms with E-state index in [0.29, 0.717) is 0 Å². The Kier molecular flexibility index (Phi) is 3.28. The Balaban J connectivity index is 1.74. The van der Waals surface area contributed by atoms with Gasteiger partial charge in [-0.1, -0.05) is 23.8 Å². The van der Waals surface area contributed by atoms with E-state index >= 15 is 0 Å². The number of urea groups is 1. The van der Waals surface area contributed by atoms with Crippen LogP contribution in [0.2, 0.25) is 0 Å². The topological polar surface area (TPSA) is 32.3 Å². The van der Waals surface area contributed by atoms with Crippen molar-refractivity contribution >= 4 is 11.7 Å². The van der Waals surface area contributed by atoms with Gasteiger partial charge < -0.3 is 5.32 Å². The third-order valence-corrected chi connectivity index (χ3v) is 4.07. The standard InChI is InChI=1S/C16H20N2O/c1-12-10-14-8-4-5-9-15(14)18(12)16(19)17-11-13-6-2-3-7-13/h4-5,8-9,11-12H,2-3,6-7,10H2,1H3,(H,17,19). The smallest absolute Gasteiger partial charge is 0.314 e. The Bertz CT molecular complexity index is 513. The van der Waals surface area contributed by atoms with E-state index in [1.807, 2.05) is 29.3 Å². The molecule has 1 heterocycles. The molecule has 1 aromatic rings. The molecule has 2 amide bonds. The lowest BCUT2D eigenvalue weighted by Gasteiger charge is -2.22. The first kappa shape index (κ1) is 12.3. The minimum Gasteiger partial charge on any atom is -0.314 e. The summed E-state index contributed by atoms with van der Waals surface area (Å²) < 4.78 is 0. The van der Waals surface area contributed by atoms with Crippen molar-refractivity contribution in [2.45, 2.75) is 45.1 Å². The Labute approximate surface area is 114 Å². The molecule has 0 spiro atoms. The molecule has 0 aromatic heterocycles. The van der Waals surface area contributed by atoms with Gasteiger partial charge in [0, 0.05) is 17.9 Å². The monoisotopic (exact) mass is 256 g/mol. The summed E-state index contributed by atoms with van der Waals surface area (Å²) >= 11 is 0. The molecule has 1 saturated carbocycles. The van der Waals surface area contributed by atoms with Crippen LogP contribution in [-0.4, -0.2) is 12.1 Å². The van der Waals surface area contributed by atoms with Gasteiger partial charge in [-0.25, -0.2) is 4.79 Å². The molecule has 19 heavy (non-hydrogen) atoms. The van der Waals surface area contributed by atoms with Gasteiger partial charge in [-0.05, 0) is 50.7 Å². The van der Waals surface area contributed by atoms with E-state index in [9.17, 15) is 4.79 Å². The molecular formula is C16H20N2O. The summed E-state index contributed by atoms with van der Waals surface area (Å²) in [6.07, 6.45) is 7.64. The van der Waals surface area contributed by atoms with Crippen LogP contribution in [0, 0.1) is 0 Å². The largest absolute Gasteiger partial charge is 0.326 e. The van der Waals surface area contributed by atoms with Crippen LogP contribution in [0.1, 0.15) is 38.2 Å². The molecule has 0 bridgehead atoms. The van der Waals surface area contributed by atoms with Crippen LogP contribution in [0.25, 0.3) is 0 Å². The van der Waals surface area contributed by atoms with Gasteiger partial charge in [0.15, 0.2) is 0 Å². The Morgan fingerprint density at radius 3 is 2.84 bits per heavy atom. The predicted octanol–water partition coefficient (Wildman–Crippen LogP) is 3.61. The summed E-state index contributed by atoms with van der Waals surface area (Å²) in [5, 5.41) is 2.96. The lowest BCUT2D eigenvalue weighted by molar-refractivity contribution is 0.248. The van der Waals surface area contributed by atoms with Crippen molar-refractivity contribution in [3.05, 3.63) is 41.6 Å². The summed E-state index contributed by atoms with van der Waals surface area (Å²) in [6.45, 7) is 2.10. The lowest BCUT2D eigenvalue weighted by atomic mass is 10.1. The van der Waals surface area contributed by atoms with Crippen LogP contribution in [0.15, 0.2) is 36.0 Å². The number of anilines is 1. The number of nitrogens with zero attached hydrogens (tertiary/aromatic N) is 1. The number of nitrogens with one attached hydrogen (secondary N) is 1. The van der Waals surface area contributed by atoms with Crippen LogP contribution >= 0.6 is 0 Å². The van der Waals surface area contributed by atoms with Crippen molar-refractivity contribution in [1.82, 2.24) is 5.32 Å². The van der Waals surface area contributed by atoms with Crippen LogP contribution in [0.5, 0.6) is 0 Å². The van der Waals surface area contributed by atoms with Crippen LogP contribution in [-0.2, 0) is 6.42 Å². The van der Waals surface area contributed by atoms with Gasteiger partial charge >= 0.3 is 6.03 Å². The molecule has 1 aliphatic carbocycles. The quantitative estimate of drug-likeness (QED) is 0.818. The Morgan fingerprint density at radius 1 is 1.32 bits per heavy atom. The maximum absolute atomic E-state index is 12.3. The van der Waals surface area contributed by atoms with Gasteiger partial charge in [0.2, 0.25) is 0 Å². The van der Waals surface area contributed by atoms with Crippen molar-refractivity contribution in [2.75, 3.05) is 4.90 Å². The zero-order valence-corrected chi connectivity index (χ0v) is 11.4. The molecule has 1 atom stereocenters. The second-order valence-electron chi connectivity index (χ2n) is 5.51. The minimum atomic E-state index is -0.00292. The molecule has 1 N–H and O–H groups in total. The summed E-state index contributed by atoms with van der Waals surface area (Å²) in [4.78, 5) is 14.2. The minimum absolute atomic E-state index is 0.00292. The van der Waals surface area contributed by atoms with Crippen molar-refractivity contribution in [1.29, 1.82) is 0 Å². The van der Waals surface area contributed by atoms with E-state index in [-0.39, 0.29) is 12.1 Å². The second-order valence-corrected chi connectivity index (χ2v) is 5.51. The van der Waals surface area contributed by atoms with Crippen molar-refractivity contribution in [3.63, 3.8) is 0 Å². The highest BCUT2D eigenvalue weighted by molar-refractivity contribution is 5.95. The number of amides is 2. The van der Waals surface area contributed by atoms with E-state index in [1.54, 1.807) is 0 Å². The Hall–Kier alpha value is -1.77. The molecule has 3 rings (SSSR count). The maximum atomic E-state index is 12.3. The number of fused-ring (bicyclic) bond motifs is 1. The molecule has 1 fully saturated rings. The molecule has 1 aromatic carbocycles. The first-order valence-corrected chi connectivity index (χ1v) is 7.11. The highest BCUT2D eigenvalue weighted by atomic mass is 16.2. The van der Waals surface area contributed by atoms with E-state index in [2.05, 4.69) is 18.3 Å². The van der Waals surface area contributed by atoms with Gasteiger partial charge in [0.25, 0.3) is 0 Å². The zero-order valence-electron chi connectivity index (χ0n) is 11.4. The fraction of sp³-hybridized carbons (Fsp3) is 0.438. The normalized spacial score (nSPS) is 21.4. The maximum Gasteiger partial charge on any atom is 0.326 e. The Morgan fingerprint density at radius 2 is 2.05 bits per heavy atom. The lowest BCUT2D eigenvalue weighted by Crippen LogP contribution is -2.41. The predicted molar refractivity (Wildman–Crippen MR) is 77.2 cm³/mol. The van der Waals surface area contributed by atoms with E-state index in [0.717, 1.165) is 24.9 Å². The first-order valence-electron chi connectivity index (χ1n) is 7.11. The number of hydrogen-bond donors (Lipinski definition) is 1. The summed E-state index contributed by atoms with van der Waals surface area (Å²) in [5.41, 5.74) is 3.68. The summed E-state index contributed by atoms with van der Waals surface area (Å²) in [6, 6.07) is 8.40. The summed E-state index contributed by atoms with van der Waals surface area (Å²) in [7, 11) is 0. The van der Waals surface area contributed by atoms with Crippen molar-refractivity contribution in [3.8, 4) is 0 Å². The molecule has 100 valence electrons. The van der Waals surface area contributed by atoms with Crippen LogP contribution in [0.3, 0.4) is 0 Å². The van der Waals surface area contributed by atoms with Gasteiger partial charge in [0.1, 0.15) is 0 Å². The molecule has 3 nitrogen and oxygen atoms in total. The highest BCUT2D eigenvalue weighted by Gasteiger charge is 2.30. The highest BCUT2D eigenvalue weighted by Crippen LogP contribution is 2.31. The number of carbonyl (C=O) groups is 1. The molecule has 0 saturated heterocycles. The van der Waals surface area contributed by atoms with Crippen molar-refractivity contribution < 1.29 is 4.79 Å². The molecule has 3 heteroatoms. The van der Waals surface area contributed by atoms with Crippen LogP contribution in [0.4, 0.5) is 10.5 Å². The SMILES string of the molecule is CC1Cc2ccccc2N1C(=O)NC=C1CCCC1. The first-order chi connectivity index (χ1) is 9.25.